The molecule has 0 unspecified atom stereocenters. The number of nitrogens with zero attached hydrogens (tertiary/aromatic N) is 1. The van der Waals surface area contributed by atoms with E-state index in [9.17, 15) is 4.79 Å². The van der Waals surface area contributed by atoms with E-state index in [2.05, 4.69) is 16.5 Å². The first-order valence-electron chi connectivity index (χ1n) is 5.32. The van der Waals surface area contributed by atoms with Crippen LogP contribution < -0.4 is 16.5 Å². The van der Waals surface area contributed by atoms with Gasteiger partial charge in [-0.2, -0.15) is 11.1 Å². The zero-order valence-corrected chi connectivity index (χ0v) is 8.51. The fraction of sp³-hybridized carbons (Fsp3) is 0.889. The summed E-state index contributed by atoms with van der Waals surface area (Å²) < 4.78 is 0. The summed E-state index contributed by atoms with van der Waals surface area (Å²) in [7, 11) is 0. The van der Waals surface area contributed by atoms with E-state index in [0.717, 1.165) is 13.0 Å². The fourth-order valence-corrected chi connectivity index (χ4v) is 1.48. The molecule has 1 amide bonds. The second kappa shape index (κ2) is 7.73. The summed E-state index contributed by atoms with van der Waals surface area (Å²) in [4.78, 5) is 10.4. The fourth-order valence-electron chi connectivity index (χ4n) is 1.48. The van der Waals surface area contributed by atoms with Crippen molar-refractivity contribution in [2.45, 2.75) is 38.5 Å². The highest BCUT2D eigenvalue weighted by Crippen LogP contribution is 2.05. The van der Waals surface area contributed by atoms with Gasteiger partial charge in [0.15, 0.2) is 0 Å². The monoisotopic (exact) mass is 199 g/mol. The average Bonchev–Trinajstić information content (AvgIpc) is 2.19. The summed E-state index contributed by atoms with van der Waals surface area (Å²) in [5.74, 6) is 0. The molecule has 1 fully saturated rings. The highest BCUT2D eigenvalue weighted by Gasteiger charge is 2.01. The van der Waals surface area contributed by atoms with Gasteiger partial charge in [0.05, 0.1) is 0 Å². The van der Waals surface area contributed by atoms with Gasteiger partial charge in [0, 0.05) is 13.1 Å². The third kappa shape index (κ3) is 5.16. The molecule has 0 aliphatic carbocycles. The Kier molecular flexibility index (Phi) is 6.30. The minimum absolute atomic E-state index is 0.707. The van der Waals surface area contributed by atoms with Crippen LogP contribution in [0.5, 0.6) is 0 Å². The first-order valence-corrected chi connectivity index (χ1v) is 5.32. The Morgan fingerprint density at radius 3 is 2.50 bits per heavy atom. The van der Waals surface area contributed by atoms with Crippen LogP contribution in [0.3, 0.4) is 0 Å². The van der Waals surface area contributed by atoms with Crippen LogP contribution in [-0.2, 0) is 4.79 Å². The van der Waals surface area contributed by atoms with Gasteiger partial charge in [-0.15, -0.1) is 0 Å². The van der Waals surface area contributed by atoms with Gasteiger partial charge >= 0.3 is 6.41 Å². The lowest BCUT2D eigenvalue weighted by Gasteiger charge is -2.19. The van der Waals surface area contributed by atoms with E-state index < -0.39 is 0 Å². The smallest absolute Gasteiger partial charge is 0.262 e. The van der Waals surface area contributed by atoms with Crippen LogP contribution in [0, 0.1) is 0 Å². The molecule has 1 aliphatic heterocycles. The van der Waals surface area contributed by atoms with Crippen molar-refractivity contribution < 1.29 is 4.79 Å². The molecule has 81 valence electrons. The molecule has 1 heterocycles. The Labute approximate surface area is 85.1 Å². The van der Waals surface area contributed by atoms with Crippen LogP contribution in [0.2, 0.25) is 0 Å². The topological polar surface area (TPSA) is 56.4 Å². The van der Waals surface area contributed by atoms with Crippen molar-refractivity contribution in [1.82, 2.24) is 21.5 Å². The van der Waals surface area contributed by atoms with Crippen LogP contribution in [-0.4, -0.2) is 24.5 Å². The molecule has 5 heteroatoms. The molecule has 0 aromatic rings. The third-order valence-corrected chi connectivity index (χ3v) is 2.32. The highest BCUT2D eigenvalue weighted by atomic mass is 16.2. The van der Waals surface area contributed by atoms with Crippen molar-refractivity contribution in [3.63, 3.8) is 0 Å². The van der Waals surface area contributed by atoms with E-state index in [-0.39, 0.29) is 0 Å². The molecule has 14 heavy (non-hydrogen) atoms. The zero-order chi connectivity index (χ0) is 10.1. The van der Waals surface area contributed by atoms with Gasteiger partial charge in [0.1, 0.15) is 0 Å². The second-order valence-corrected chi connectivity index (χ2v) is 3.53. The van der Waals surface area contributed by atoms with E-state index in [0.29, 0.717) is 6.54 Å². The lowest BCUT2D eigenvalue weighted by atomic mass is 10.1. The SMILES string of the molecule is O=[C]N1CCCCCCCCNNN1. The molecule has 1 radical (unpaired) electrons. The van der Waals surface area contributed by atoms with Gasteiger partial charge < -0.3 is 0 Å². The zero-order valence-electron chi connectivity index (χ0n) is 8.51. The summed E-state index contributed by atoms with van der Waals surface area (Å²) in [6.07, 6.45) is 9.04. The van der Waals surface area contributed by atoms with E-state index in [4.69, 9.17) is 0 Å². The number of rotatable bonds is 1. The minimum Gasteiger partial charge on any atom is -0.262 e. The van der Waals surface area contributed by atoms with Gasteiger partial charge in [-0.3, -0.25) is 9.80 Å². The Morgan fingerprint density at radius 2 is 1.71 bits per heavy atom. The van der Waals surface area contributed by atoms with Crippen LogP contribution in [0.4, 0.5) is 0 Å². The van der Waals surface area contributed by atoms with Crippen LogP contribution in [0.15, 0.2) is 0 Å². The second-order valence-electron chi connectivity index (χ2n) is 3.53. The molecule has 0 saturated carbocycles. The number of nitrogens with one attached hydrogen (secondary N) is 3. The predicted octanol–water partition coefficient (Wildman–Crippen LogP) is 0.224. The summed E-state index contributed by atoms with van der Waals surface area (Å²) >= 11 is 0. The van der Waals surface area contributed by atoms with Gasteiger partial charge in [0.25, 0.3) is 0 Å². The molecular weight excluding hydrogens is 180 g/mol. The Balaban J connectivity index is 2.20. The number of amides is 1. The largest absolute Gasteiger partial charge is 0.328 e. The van der Waals surface area contributed by atoms with E-state index in [1.807, 2.05) is 6.41 Å². The highest BCUT2D eigenvalue weighted by molar-refractivity contribution is 5.46. The van der Waals surface area contributed by atoms with E-state index >= 15 is 0 Å². The molecule has 0 bridgehead atoms. The van der Waals surface area contributed by atoms with E-state index in [1.54, 1.807) is 0 Å². The molecule has 0 aromatic heterocycles. The predicted molar refractivity (Wildman–Crippen MR) is 54.4 cm³/mol. The maximum atomic E-state index is 10.4. The number of hydrogen-bond donors (Lipinski definition) is 3. The number of carbonyl (C=O) groups excluding carboxylic acids is 1. The van der Waals surface area contributed by atoms with Crippen LogP contribution >= 0.6 is 0 Å². The molecule has 1 saturated heterocycles. The lowest BCUT2D eigenvalue weighted by Crippen LogP contribution is -2.52. The van der Waals surface area contributed by atoms with Crippen molar-refractivity contribution in [1.29, 1.82) is 0 Å². The average molecular weight is 199 g/mol. The van der Waals surface area contributed by atoms with Gasteiger partial charge in [-0.25, -0.2) is 5.43 Å². The summed E-state index contributed by atoms with van der Waals surface area (Å²) in [5, 5.41) is 1.40. The van der Waals surface area contributed by atoms with Crippen molar-refractivity contribution >= 4 is 6.41 Å². The minimum atomic E-state index is 0.707. The third-order valence-electron chi connectivity index (χ3n) is 2.32. The molecule has 0 aromatic carbocycles. The Bertz CT molecular complexity index is 142. The number of hydrogen-bond acceptors (Lipinski definition) is 4. The Hall–Kier alpha value is -0.650. The summed E-state index contributed by atoms with van der Waals surface area (Å²) in [5.41, 5.74) is 8.49. The molecule has 1 aliphatic rings. The van der Waals surface area contributed by atoms with Crippen LogP contribution in [0.1, 0.15) is 38.5 Å². The van der Waals surface area contributed by atoms with Crippen molar-refractivity contribution in [2.75, 3.05) is 13.1 Å². The van der Waals surface area contributed by atoms with Crippen molar-refractivity contribution in [3.8, 4) is 0 Å². The van der Waals surface area contributed by atoms with Crippen molar-refractivity contribution in [2.24, 2.45) is 0 Å². The quantitative estimate of drug-likeness (QED) is 0.565. The normalized spacial score (nSPS) is 22.1. The molecule has 0 atom stereocenters. The summed E-state index contributed by atoms with van der Waals surface area (Å²) in [6.45, 7) is 1.62. The Morgan fingerprint density at radius 1 is 1.00 bits per heavy atom. The van der Waals surface area contributed by atoms with Crippen LogP contribution in [0.25, 0.3) is 0 Å². The maximum Gasteiger partial charge on any atom is 0.328 e. The molecular formula is C9H19N4O. The van der Waals surface area contributed by atoms with Gasteiger partial charge in [-0.1, -0.05) is 25.7 Å². The van der Waals surface area contributed by atoms with Crippen molar-refractivity contribution in [3.05, 3.63) is 0 Å². The number of hydrazine groups is 3. The lowest BCUT2D eigenvalue weighted by molar-refractivity contribution is 0.210. The molecule has 5 nitrogen and oxygen atoms in total. The summed E-state index contributed by atoms with van der Waals surface area (Å²) in [6, 6.07) is 0. The first-order chi connectivity index (χ1) is 6.93. The van der Waals surface area contributed by atoms with E-state index in [1.165, 1.54) is 37.1 Å². The molecule has 3 N–H and O–H groups in total. The van der Waals surface area contributed by atoms with Gasteiger partial charge in [0.2, 0.25) is 0 Å². The standard InChI is InChI=1S/C9H19N4O/c14-9-13-8-6-4-2-1-3-5-7-10-11-12-13/h10-12H,1-8H2. The molecule has 1 rings (SSSR count). The maximum absolute atomic E-state index is 10.4. The van der Waals surface area contributed by atoms with Gasteiger partial charge in [-0.05, 0) is 12.8 Å². The first kappa shape index (κ1) is 11.4. The molecule has 0 spiro atoms.